The molecule has 1 atom stereocenters. The maximum absolute atomic E-state index is 12.7. The van der Waals surface area contributed by atoms with Crippen molar-refractivity contribution < 1.29 is 23.9 Å². The minimum Gasteiger partial charge on any atom is -0.496 e. The number of anilines is 2. The second-order valence-corrected chi connectivity index (χ2v) is 8.71. The van der Waals surface area contributed by atoms with Crippen LogP contribution in [0.1, 0.15) is 12.0 Å². The number of rotatable bonds is 9. The molecule has 2 N–H and O–H groups in total. The summed E-state index contributed by atoms with van der Waals surface area (Å²) in [7, 11) is 1.58. The SMILES string of the molecule is COc1ccccc1CNC(=O)[C@@H]1CC(=O)N(c2ccc(OCC(=O)Nc3cccc(Cl)c3)cc2)C1. The van der Waals surface area contributed by atoms with Crippen molar-refractivity contribution in [2.45, 2.75) is 13.0 Å². The Labute approximate surface area is 214 Å². The van der Waals surface area contributed by atoms with E-state index in [-0.39, 0.29) is 30.7 Å². The minimum atomic E-state index is -0.446. The quantitative estimate of drug-likeness (QED) is 0.455. The van der Waals surface area contributed by atoms with Crippen LogP contribution < -0.4 is 25.0 Å². The summed E-state index contributed by atoms with van der Waals surface area (Å²) in [4.78, 5) is 39.0. The normalized spacial score (nSPS) is 14.9. The predicted molar refractivity (Wildman–Crippen MR) is 137 cm³/mol. The molecule has 186 valence electrons. The molecule has 1 saturated heterocycles. The Balaban J connectivity index is 1.28. The van der Waals surface area contributed by atoms with Crippen LogP contribution in [-0.2, 0) is 20.9 Å². The van der Waals surface area contributed by atoms with Crippen molar-refractivity contribution >= 4 is 40.7 Å². The summed E-state index contributed by atoms with van der Waals surface area (Å²) in [5, 5.41) is 6.14. The molecule has 0 bridgehead atoms. The summed E-state index contributed by atoms with van der Waals surface area (Å²) in [5.41, 5.74) is 2.11. The summed E-state index contributed by atoms with van der Waals surface area (Å²) in [6.45, 7) is 0.437. The van der Waals surface area contributed by atoms with E-state index < -0.39 is 5.92 Å². The smallest absolute Gasteiger partial charge is 0.262 e. The lowest BCUT2D eigenvalue weighted by Gasteiger charge is -2.17. The summed E-state index contributed by atoms with van der Waals surface area (Å²) in [6, 6.07) is 21.1. The van der Waals surface area contributed by atoms with Gasteiger partial charge in [-0.2, -0.15) is 0 Å². The number of nitrogens with one attached hydrogen (secondary N) is 2. The van der Waals surface area contributed by atoms with Crippen molar-refractivity contribution in [1.82, 2.24) is 5.32 Å². The highest BCUT2D eigenvalue weighted by molar-refractivity contribution is 6.30. The van der Waals surface area contributed by atoms with E-state index in [1.807, 2.05) is 24.3 Å². The molecule has 3 aromatic carbocycles. The first-order valence-electron chi connectivity index (χ1n) is 11.4. The molecule has 3 aromatic rings. The molecule has 0 spiro atoms. The van der Waals surface area contributed by atoms with E-state index in [0.29, 0.717) is 41.0 Å². The highest BCUT2D eigenvalue weighted by atomic mass is 35.5. The van der Waals surface area contributed by atoms with Crippen molar-refractivity contribution in [1.29, 1.82) is 0 Å². The molecule has 0 radical (unpaired) electrons. The number of hydrogen-bond acceptors (Lipinski definition) is 5. The third kappa shape index (κ3) is 6.34. The van der Waals surface area contributed by atoms with Gasteiger partial charge < -0.3 is 25.0 Å². The van der Waals surface area contributed by atoms with E-state index >= 15 is 0 Å². The van der Waals surface area contributed by atoms with Gasteiger partial charge in [-0.1, -0.05) is 35.9 Å². The second-order valence-electron chi connectivity index (χ2n) is 8.28. The molecule has 0 saturated carbocycles. The number of halogens is 1. The number of para-hydroxylation sites is 1. The Morgan fingerprint density at radius 3 is 2.58 bits per heavy atom. The van der Waals surface area contributed by atoms with Gasteiger partial charge in [-0.05, 0) is 48.5 Å². The molecular formula is C27H26ClN3O5. The van der Waals surface area contributed by atoms with Gasteiger partial charge in [0, 0.05) is 41.5 Å². The van der Waals surface area contributed by atoms with Crippen molar-refractivity contribution in [3.63, 3.8) is 0 Å². The van der Waals surface area contributed by atoms with Crippen LogP contribution in [0.3, 0.4) is 0 Å². The molecule has 0 aromatic heterocycles. The first-order chi connectivity index (χ1) is 17.4. The van der Waals surface area contributed by atoms with Crippen LogP contribution in [0.2, 0.25) is 5.02 Å². The monoisotopic (exact) mass is 507 g/mol. The topological polar surface area (TPSA) is 97.0 Å². The predicted octanol–water partition coefficient (Wildman–Crippen LogP) is 4.04. The molecule has 1 fully saturated rings. The number of benzene rings is 3. The van der Waals surface area contributed by atoms with Gasteiger partial charge in [0.2, 0.25) is 11.8 Å². The standard InChI is InChI=1S/C27H26ClN3O5/c1-35-24-8-3-2-5-18(24)15-29-27(34)19-13-26(33)31(16-19)22-9-11-23(12-10-22)36-17-25(32)30-21-7-4-6-20(28)14-21/h2-12,14,19H,13,15-17H2,1H3,(H,29,34)(H,30,32)/t19-/m1/s1. The zero-order valence-corrected chi connectivity index (χ0v) is 20.5. The maximum atomic E-state index is 12.7. The van der Waals surface area contributed by atoms with Crippen molar-refractivity contribution in [2.24, 2.45) is 5.92 Å². The van der Waals surface area contributed by atoms with Gasteiger partial charge in [0.05, 0.1) is 13.0 Å². The molecule has 4 rings (SSSR count). The Hall–Kier alpha value is -4.04. The summed E-state index contributed by atoms with van der Waals surface area (Å²) < 4.78 is 10.9. The molecule has 1 heterocycles. The fourth-order valence-electron chi connectivity index (χ4n) is 3.94. The van der Waals surface area contributed by atoms with Gasteiger partial charge in [0.25, 0.3) is 5.91 Å². The number of ether oxygens (including phenoxy) is 2. The zero-order chi connectivity index (χ0) is 25.5. The lowest BCUT2D eigenvalue weighted by molar-refractivity contribution is -0.126. The zero-order valence-electron chi connectivity index (χ0n) is 19.7. The Morgan fingerprint density at radius 1 is 1.06 bits per heavy atom. The van der Waals surface area contributed by atoms with Crippen LogP contribution in [0.25, 0.3) is 0 Å². The summed E-state index contributed by atoms with van der Waals surface area (Å²) in [5.74, 6) is 0.115. The van der Waals surface area contributed by atoms with Crippen LogP contribution in [0.15, 0.2) is 72.8 Å². The number of amides is 3. The average molecular weight is 508 g/mol. The lowest BCUT2D eigenvalue weighted by Crippen LogP contribution is -2.32. The van der Waals surface area contributed by atoms with Gasteiger partial charge in [-0.25, -0.2) is 0 Å². The highest BCUT2D eigenvalue weighted by Gasteiger charge is 2.35. The number of carbonyl (C=O) groups is 3. The average Bonchev–Trinajstić information content (AvgIpc) is 3.28. The largest absolute Gasteiger partial charge is 0.496 e. The summed E-state index contributed by atoms with van der Waals surface area (Å²) in [6.07, 6.45) is 0.139. The highest BCUT2D eigenvalue weighted by Crippen LogP contribution is 2.27. The van der Waals surface area contributed by atoms with Crippen LogP contribution in [0.4, 0.5) is 11.4 Å². The van der Waals surface area contributed by atoms with Crippen molar-refractivity contribution in [2.75, 3.05) is 30.5 Å². The third-order valence-electron chi connectivity index (χ3n) is 5.77. The third-order valence-corrected chi connectivity index (χ3v) is 6.00. The van der Waals surface area contributed by atoms with Gasteiger partial charge in [-0.3, -0.25) is 14.4 Å². The molecule has 8 nitrogen and oxygen atoms in total. The summed E-state index contributed by atoms with van der Waals surface area (Å²) >= 11 is 5.92. The maximum Gasteiger partial charge on any atom is 0.262 e. The fourth-order valence-corrected chi connectivity index (χ4v) is 4.13. The second kappa shape index (κ2) is 11.6. The van der Waals surface area contributed by atoms with E-state index in [1.165, 1.54) is 0 Å². The number of nitrogens with zero attached hydrogens (tertiary/aromatic N) is 1. The van der Waals surface area contributed by atoms with Crippen LogP contribution in [0.5, 0.6) is 11.5 Å². The fraction of sp³-hybridized carbons (Fsp3) is 0.222. The molecule has 9 heteroatoms. The van der Waals surface area contributed by atoms with E-state index in [4.69, 9.17) is 21.1 Å². The van der Waals surface area contributed by atoms with Crippen LogP contribution in [0, 0.1) is 5.92 Å². The molecule has 0 unspecified atom stereocenters. The molecule has 1 aliphatic rings. The van der Waals surface area contributed by atoms with Gasteiger partial charge in [0.15, 0.2) is 6.61 Å². The van der Waals surface area contributed by atoms with E-state index in [2.05, 4.69) is 10.6 Å². The van der Waals surface area contributed by atoms with E-state index in [1.54, 1.807) is 60.5 Å². The van der Waals surface area contributed by atoms with Crippen LogP contribution >= 0.6 is 11.6 Å². The van der Waals surface area contributed by atoms with Gasteiger partial charge in [-0.15, -0.1) is 0 Å². The molecular weight excluding hydrogens is 482 g/mol. The van der Waals surface area contributed by atoms with Gasteiger partial charge in [0.1, 0.15) is 11.5 Å². The first kappa shape index (κ1) is 25.1. The molecule has 36 heavy (non-hydrogen) atoms. The Kier molecular flexibility index (Phi) is 8.07. The number of hydrogen-bond donors (Lipinski definition) is 2. The Morgan fingerprint density at radius 2 is 1.83 bits per heavy atom. The Bertz CT molecular complexity index is 1250. The van der Waals surface area contributed by atoms with Crippen LogP contribution in [-0.4, -0.2) is 38.0 Å². The molecule has 0 aliphatic carbocycles. The van der Waals surface area contributed by atoms with E-state index in [0.717, 1.165) is 5.56 Å². The minimum absolute atomic E-state index is 0.123. The van der Waals surface area contributed by atoms with Crippen molar-refractivity contribution in [3.8, 4) is 11.5 Å². The molecule has 1 aliphatic heterocycles. The van der Waals surface area contributed by atoms with Gasteiger partial charge >= 0.3 is 0 Å². The van der Waals surface area contributed by atoms with Crippen molar-refractivity contribution in [3.05, 3.63) is 83.4 Å². The molecule has 3 amide bonds. The lowest BCUT2D eigenvalue weighted by atomic mass is 10.1. The first-order valence-corrected chi connectivity index (χ1v) is 11.8. The number of carbonyl (C=O) groups excluding carboxylic acids is 3. The van der Waals surface area contributed by atoms with E-state index in [9.17, 15) is 14.4 Å². The number of methoxy groups -OCH3 is 1.